The van der Waals surface area contributed by atoms with Crippen LogP contribution >= 0.6 is 7.82 Å². The maximum atomic E-state index is 11.3. The van der Waals surface area contributed by atoms with Crippen LogP contribution in [0.25, 0.3) is 0 Å². The number of benzene rings is 1. The van der Waals surface area contributed by atoms with E-state index in [1.165, 1.54) is 5.17 Å². The Kier molecular flexibility index (Phi) is 2.14. The average Bonchev–Trinajstić information content (AvgIpc) is 2.73. The fourth-order valence-electron chi connectivity index (χ4n) is 1.47. The first-order valence-corrected chi connectivity index (χ1v) is 6.15. The topological polar surface area (TPSA) is 51.2 Å². The number of phosphoric acid groups is 1. The molecular formula is C9H9N2O4P. The molecule has 4 rings (SSSR count). The number of allylic oxidation sites excluding steroid dienone is 1. The van der Waals surface area contributed by atoms with Crippen LogP contribution in [-0.2, 0) is 24.9 Å². The Hall–Kier alpha value is -1.17. The highest BCUT2D eigenvalue weighted by Crippen LogP contribution is 2.67. The zero-order valence-electron chi connectivity index (χ0n) is 8.28. The lowest BCUT2D eigenvalue weighted by atomic mass is 10.1. The van der Waals surface area contributed by atoms with Crippen molar-refractivity contribution in [1.29, 1.82) is 0 Å². The van der Waals surface area contributed by atoms with Gasteiger partial charge in [0.25, 0.3) is 0 Å². The Bertz CT molecular complexity index is 465. The summed E-state index contributed by atoms with van der Waals surface area (Å²) in [5.41, 5.74) is 1.82. The molecule has 0 unspecified atom stereocenters. The number of rotatable bonds is 3. The van der Waals surface area contributed by atoms with Crippen LogP contribution in [-0.4, -0.2) is 5.34 Å². The molecule has 0 amide bonds. The van der Waals surface area contributed by atoms with Crippen LogP contribution in [0.5, 0.6) is 0 Å². The van der Waals surface area contributed by atoms with Crippen LogP contribution < -0.4 is 5.17 Å². The normalized spacial score (nSPS) is 31.2. The van der Waals surface area contributed by atoms with Crippen LogP contribution in [0.2, 0.25) is 0 Å². The molecule has 16 heavy (non-hydrogen) atoms. The molecule has 0 aliphatic carbocycles. The highest BCUT2D eigenvalue weighted by atomic mass is 31.2. The molecule has 3 heterocycles. The van der Waals surface area contributed by atoms with Crippen molar-refractivity contribution in [3.63, 3.8) is 0 Å². The molecule has 84 valence electrons. The zero-order valence-corrected chi connectivity index (χ0v) is 9.17. The lowest BCUT2D eigenvalue weighted by Crippen LogP contribution is -2.34. The van der Waals surface area contributed by atoms with E-state index < -0.39 is 7.82 Å². The summed E-state index contributed by atoms with van der Waals surface area (Å²) in [6.45, 7) is 3.66. The molecule has 1 aromatic rings. The Morgan fingerprint density at radius 2 is 1.94 bits per heavy atom. The number of hydrogen-bond acceptors (Lipinski definition) is 6. The van der Waals surface area contributed by atoms with Gasteiger partial charge in [0.15, 0.2) is 0 Å². The number of nitrogens with zero attached hydrogens (tertiary/aromatic N) is 2. The van der Waals surface area contributed by atoms with E-state index in [1.807, 2.05) is 30.3 Å². The van der Waals surface area contributed by atoms with Crippen molar-refractivity contribution in [3.8, 4) is 0 Å². The molecular weight excluding hydrogens is 231 g/mol. The molecule has 3 aliphatic rings. The van der Waals surface area contributed by atoms with E-state index in [0.29, 0.717) is 5.69 Å². The molecule has 3 saturated heterocycles. The molecule has 0 radical (unpaired) electrons. The molecule has 3 aliphatic heterocycles. The summed E-state index contributed by atoms with van der Waals surface area (Å²) in [7, 11) is -3.31. The van der Waals surface area contributed by atoms with E-state index in [9.17, 15) is 4.57 Å². The predicted octanol–water partition coefficient (Wildman–Crippen LogP) is 2.37. The summed E-state index contributed by atoms with van der Waals surface area (Å²) in [6.07, 6.45) is 2.63. The summed E-state index contributed by atoms with van der Waals surface area (Å²) in [5.74, 6) is 0. The smallest absolute Gasteiger partial charge is 0.222 e. The van der Waals surface area contributed by atoms with Gasteiger partial charge >= 0.3 is 7.82 Å². The van der Waals surface area contributed by atoms with Crippen LogP contribution in [0, 0.1) is 0 Å². The Balaban J connectivity index is 1.80. The van der Waals surface area contributed by atoms with Gasteiger partial charge in [-0.25, -0.2) is 4.57 Å². The van der Waals surface area contributed by atoms with Crippen LogP contribution in [0.1, 0.15) is 5.56 Å². The van der Waals surface area contributed by atoms with Crippen molar-refractivity contribution < 1.29 is 18.4 Å². The van der Waals surface area contributed by atoms with E-state index in [2.05, 4.69) is 6.58 Å². The summed E-state index contributed by atoms with van der Waals surface area (Å²) < 4.78 is 25.7. The molecule has 0 saturated carbocycles. The standard InChI is InChI=1S/C9H9N2O4P/c1-2-3-8-4-6-9(7-5-8)10-11-14-16(12,13-10)15-11/h2,4-7H,1,3H2. The fraction of sp³-hybridized carbons (Fsp3) is 0.111. The van der Waals surface area contributed by atoms with E-state index in [4.69, 9.17) is 13.9 Å². The molecule has 2 bridgehead atoms. The van der Waals surface area contributed by atoms with Gasteiger partial charge in [-0.2, -0.15) is 0 Å². The SMILES string of the molecule is C=CCc1ccc(N2OP3(=O)ON2O3)cc1. The van der Waals surface area contributed by atoms with Gasteiger partial charge in [0, 0.05) is 0 Å². The molecule has 0 spiro atoms. The third-order valence-electron chi connectivity index (χ3n) is 2.20. The molecule has 0 N–H and O–H groups in total. The van der Waals surface area contributed by atoms with Crippen molar-refractivity contribution in [2.45, 2.75) is 6.42 Å². The third kappa shape index (κ3) is 1.48. The van der Waals surface area contributed by atoms with Gasteiger partial charge in [-0.15, -0.1) is 25.6 Å². The van der Waals surface area contributed by atoms with Crippen molar-refractivity contribution >= 4 is 13.5 Å². The first kappa shape index (κ1) is 10.0. The molecule has 0 atom stereocenters. The highest BCUT2D eigenvalue weighted by Gasteiger charge is 2.60. The summed E-state index contributed by atoms with van der Waals surface area (Å²) in [6, 6.07) is 7.49. The van der Waals surface area contributed by atoms with Crippen LogP contribution in [0.3, 0.4) is 0 Å². The lowest BCUT2D eigenvalue weighted by Gasteiger charge is -2.21. The van der Waals surface area contributed by atoms with Gasteiger partial charge in [-0.1, -0.05) is 18.2 Å². The second-order valence-electron chi connectivity index (χ2n) is 3.36. The maximum Gasteiger partial charge on any atom is 0.538 e. The third-order valence-corrected chi connectivity index (χ3v) is 3.24. The molecule has 3 fully saturated rings. The predicted molar refractivity (Wildman–Crippen MR) is 55.5 cm³/mol. The number of hydrogen-bond donors (Lipinski definition) is 0. The van der Waals surface area contributed by atoms with E-state index >= 15 is 0 Å². The van der Waals surface area contributed by atoms with E-state index in [0.717, 1.165) is 17.3 Å². The van der Waals surface area contributed by atoms with Crippen LogP contribution in [0.4, 0.5) is 5.69 Å². The second-order valence-corrected chi connectivity index (χ2v) is 4.75. The molecule has 6 nitrogen and oxygen atoms in total. The van der Waals surface area contributed by atoms with E-state index in [1.54, 1.807) is 0 Å². The second kappa shape index (κ2) is 3.41. The minimum Gasteiger partial charge on any atom is -0.222 e. The van der Waals surface area contributed by atoms with E-state index in [-0.39, 0.29) is 0 Å². The number of anilines is 1. The van der Waals surface area contributed by atoms with Crippen molar-refractivity contribution in [2.24, 2.45) is 0 Å². The van der Waals surface area contributed by atoms with Crippen molar-refractivity contribution in [2.75, 3.05) is 5.17 Å². The van der Waals surface area contributed by atoms with Crippen LogP contribution in [0.15, 0.2) is 36.9 Å². The van der Waals surface area contributed by atoms with Crippen molar-refractivity contribution in [3.05, 3.63) is 42.5 Å². The minimum absolute atomic E-state index is 0.683. The summed E-state index contributed by atoms with van der Waals surface area (Å²) in [5, 5.41) is 2.15. The van der Waals surface area contributed by atoms with Gasteiger partial charge in [0.1, 0.15) is 0 Å². The summed E-state index contributed by atoms with van der Waals surface area (Å²) in [4.78, 5) is 0. The Morgan fingerprint density at radius 3 is 2.44 bits per heavy atom. The lowest BCUT2D eigenvalue weighted by molar-refractivity contribution is -0.318. The first-order valence-electron chi connectivity index (χ1n) is 4.69. The largest absolute Gasteiger partial charge is 0.538 e. The Labute approximate surface area is 92.1 Å². The van der Waals surface area contributed by atoms with Gasteiger partial charge in [0.2, 0.25) is 0 Å². The Morgan fingerprint density at radius 1 is 1.25 bits per heavy atom. The molecule has 1 aromatic carbocycles. The summed E-state index contributed by atoms with van der Waals surface area (Å²) >= 11 is 0. The van der Waals surface area contributed by atoms with Crippen molar-refractivity contribution in [1.82, 2.24) is 5.34 Å². The van der Waals surface area contributed by atoms with Gasteiger partial charge < -0.3 is 0 Å². The number of hydrazine groups is 1. The fourth-order valence-corrected chi connectivity index (χ4v) is 2.36. The maximum absolute atomic E-state index is 11.3. The first-order chi connectivity index (χ1) is 7.70. The zero-order chi connectivity index (χ0) is 11.2. The molecule has 0 aromatic heterocycles. The molecule has 7 heteroatoms. The van der Waals surface area contributed by atoms with Gasteiger partial charge in [-0.05, 0) is 24.1 Å². The quantitative estimate of drug-likeness (QED) is 0.597. The number of fused-ring (bicyclic) bond motifs is 1. The minimum atomic E-state index is -3.31. The van der Waals surface area contributed by atoms with Gasteiger partial charge in [-0.3, -0.25) is 0 Å². The monoisotopic (exact) mass is 240 g/mol. The van der Waals surface area contributed by atoms with Gasteiger partial charge in [0.05, 0.1) is 11.0 Å². The average molecular weight is 240 g/mol. The highest BCUT2D eigenvalue weighted by molar-refractivity contribution is 7.49.